The lowest BCUT2D eigenvalue weighted by molar-refractivity contribution is -0.144. The SMILES string of the molecule is Cc1sc2nc(CSC(C)C(=O)OCc3csc(-c4ccccc4)n3)[nH]c(=O)c2c1C. The second kappa shape index (κ2) is 9.33. The minimum Gasteiger partial charge on any atom is -0.458 e. The Hall–Kier alpha value is -2.49. The molecule has 4 rings (SSSR count). The van der Waals surface area contributed by atoms with Crippen LogP contribution in [0.1, 0.15) is 28.9 Å². The van der Waals surface area contributed by atoms with E-state index in [1.807, 2.05) is 49.6 Å². The highest BCUT2D eigenvalue weighted by Gasteiger charge is 2.18. The fraction of sp³-hybridized carbons (Fsp3) is 0.273. The number of nitrogens with zero attached hydrogens (tertiary/aromatic N) is 2. The van der Waals surface area contributed by atoms with Crippen LogP contribution in [-0.4, -0.2) is 26.2 Å². The van der Waals surface area contributed by atoms with E-state index in [9.17, 15) is 9.59 Å². The van der Waals surface area contributed by atoms with Crippen molar-refractivity contribution in [3.8, 4) is 10.6 Å². The van der Waals surface area contributed by atoms with Gasteiger partial charge in [0.1, 0.15) is 27.5 Å². The monoisotopic (exact) mass is 471 g/mol. The summed E-state index contributed by atoms with van der Waals surface area (Å²) in [5.74, 6) is 0.674. The number of esters is 1. The Labute approximate surface area is 191 Å². The van der Waals surface area contributed by atoms with E-state index in [0.29, 0.717) is 17.0 Å². The molecule has 3 heterocycles. The minimum absolute atomic E-state index is 0.129. The summed E-state index contributed by atoms with van der Waals surface area (Å²) >= 11 is 4.42. The van der Waals surface area contributed by atoms with Gasteiger partial charge in [-0.25, -0.2) is 9.97 Å². The zero-order chi connectivity index (χ0) is 22.0. The highest BCUT2D eigenvalue weighted by molar-refractivity contribution is 7.99. The molecule has 0 radical (unpaired) electrons. The number of aromatic nitrogens is 3. The molecule has 1 unspecified atom stereocenters. The van der Waals surface area contributed by atoms with Gasteiger partial charge in [0, 0.05) is 15.8 Å². The van der Waals surface area contributed by atoms with E-state index in [1.165, 1.54) is 34.4 Å². The van der Waals surface area contributed by atoms with Gasteiger partial charge in [-0.1, -0.05) is 30.3 Å². The van der Waals surface area contributed by atoms with Crippen LogP contribution >= 0.6 is 34.4 Å². The molecule has 0 saturated carbocycles. The number of nitrogens with one attached hydrogen (secondary N) is 1. The highest BCUT2D eigenvalue weighted by atomic mass is 32.2. The van der Waals surface area contributed by atoms with Crippen LogP contribution in [0.15, 0.2) is 40.5 Å². The average Bonchev–Trinajstić information content (AvgIpc) is 3.35. The number of hydrogen-bond donors (Lipinski definition) is 1. The molecule has 31 heavy (non-hydrogen) atoms. The molecule has 0 saturated heterocycles. The Bertz CT molecular complexity index is 1280. The molecule has 1 aromatic carbocycles. The van der Waals surface area contributed by atoms with Crippen molar-refractivity contribution in [1.29, 1.82) is 0 Å². The van der Waals surface area contributed by atoms with Crippen LogP contribution in [0.4, 0.5) is 0 Å². The van der Waals surface area contributed by atoms with Crippen molar-refractivity contribution >= 4 is 50.6 Å². The number of H-pyrrole nitrogens is 1. The molecule has 3 aromatic heterocycles. The van der Waals surface area contributed by atoms with Crippen molar-refractivity contribution in [3.63, 3.8) is 0 Å². The van der Waals surface area contributed by atoms with Crippen LogP contribution in [-0.2, 0) is 21.9 Å². The number of ether oxygens (including phenoxy) is 1. The molecule has 4 aromatic rings. The molecule has 1 N–H and O–H groups in total. The number of thiophene rings is 1. The van der Waals surface area contributed by atoms with E-state index >= 15 is 0 Å². The number of fused-ring (bicyclic) bond motifs is 1. The van der Waals surface area contributed by atoms with Crippen molar-refractivity contribution in [2.45, 2.75) is 38.4 Å². The molecule has 0 bridgehead atoms. The zero-order valence-electron chi connectivity index (χ0n) is 17.3. The van der Waals surface area contributed by atoms with Gasteiger partial charge >= 0.3 is 5.97 Å². The standard InChI is InChI=1S/C22H21N3O3S3/c1-12-13(2)31-21-18(12)19(26)24-17(25-21)11-29-14(3)22(27)28-9-16-10-30-20(23-16)15-7-5-4-6-8-15/h4-8,10,14H,9,11H2,1-3H3,(H,24,25,26). The fourth-order valence-corrected chi connectivity index (χ4v) is 5.60. The van der Waals surface area contributed by atoms with Gasteiger partial charge in [0.25, 0.3) is 5.56 Å². The summed E-state index contributed by atoms with van der Waals surface area (Å²) < 4.78 is 5.43. The summed E-state index contributed by atoms with van der Waals surface area (Å²) in [5, 5.41) is 3.07. The zero-order valence-corrected chi connectivity index (χ0v) is 19.7. The lowest BCUT2D eigenvalue weighted by Crippen LogP contribution is -2.18. The van der Waals surface area contributed by atoms with Gasteiger partial charge in [0.05, 0.1) is 16.8 Å². The van der Waals surface area contributed by atoms with Crippen LogP contribution in [0, 0.1) is 13.8 Å². The summed E-state index contributed by atoms with van der Waals surface area (Å²) in [7, 11) is 0. The molecule has 9 heteroatoms. The summed E-state index contributed by atoms with van der Waals surface area (Å²) in [6.45, 7) is 5.85. The molecule has 0 aliphatic heterocycles. The number of aryl methyl sites for hydroxylation is 2. The Kier molecular flexibility index (Phi) is 6.54. The molecule has 6 nitrogen and oxygen atoms in total. The van der Waals surface area contributed by atoms with E-state index in [-0.39, 0.29) is 23.4 Å². The third-order valence-corrected chi connectivity index (χ3v) is 8.00. The van der Waals surface area contributed by atoms with Gasteiger partial charge in [0.15, 0.2) is 0 Å². The Balaban J connectivity index is 1.33. The number of rotatable bonds is 7. The predicted molar refractivity (Wildman–Crippen MR) is 128 cm³/mol. The smallest absolute Gasteiger partial charge is 0.319 e. The summed E-state index contributed by atoms with van der Waals surface area (Å²) in [4.78, 5) is 38.5. The number of aromatic amines is 1. The van der Waals surface area contributed by atoms with E-state index < -0.39 is 0 Å². The Morgan fingerprint density at radius 2 is 2.00 bits per heavy atom. The third-order valence-electron chi connectivity index (χ3n) is 4.82. The molecule has 0 aliphatic carbocycles. The first-order valence-electron chi connectivity index (χ1n) is 9.69. The number of thiazole rings is 1. The largest absolute Gasteiger partial charge is 0.458 e. The van der Waals surface area contributed by atoms with Crippen molar-refractivity contribution in [2.24, 2.45) is 0 Å². The van der Waals surface area contributed by atoms with Crippen LogP contribution in [0.3, 0.4) is 0 Å². The minimum atomic E-state index is -0.389. The molecular weight excluding hydrogens is 450 g/mol. The van der Waals surface area contributed by atoms with Gasteiger partial charge in [-0.15, -0.1) is 34.4 Å². The molecule has 0 amide bonds. The molecule has 0 aliphatic rings. The van der Waals surface area contributed by atoms with Crippen molar-refractivity contribution in [2.75, 3.05) is 0 Å². The highest BCUT2D eigenvalue weighted by Crippen LogP contribution is 2.27. The first kappa shape index (κ1) is 21.7. The van der Waals surface area contributed by atoms with Gasteiger partial charge in [0.2, 0.25) is 0 Å². The second-order valence-corrected chi connectivity index (χ2v) is 10.4. The lowest BCUT2D eigenvalue weighted by atomic mass is 10.2. The summed E-state index contributed by atoms with van der Waals surface area (Å²) in [5.41, 5.74) is 2.62. The number of thioether (sulfide) groups is 1. The van der Waals surface area contributed by atoms with Gasteiger partial charge in [-0.3, -0.25) is 9.59 Å². The lowest BCUT2D eigenvalue weighted by Gasteiger charge is -2.10. The Morgan fingerprint density at radius 1 is 1.23 bits per heavy atom. The first-order chi connectivity index (χ1) is 14.9. The van der Waals surface area contributed by atoms with Crippen LogP contribution in [0.2, 0.25) is 0 Å². The van der Waals surface area contributed by atoms with E-state index in [2.05, 4.69) is 15.0 Å². The molecule has 0 spiro atoms. The van der Waals surface area contributed by atoms with Crippen molar-refractivity contribution < 1.29 is 9.53 Å². The Morgan fingerprint density at radius 3 is 2.77 bits per heavy atom. The maximum atomic E-state index is 12.4. The van der Waals surface area contributed by atoms with Crippen molar-refractivity contribution in [1.82, 2.24) is 15.0 Å². The number of benzene rings is 1. The van der Waals surface area contributed by atoms with Gasteiger partial charge in [-0.2, -0.15) is 0 Å². The molecule has 0 fully saturated rings. The number of carbonyl (C=O) groups excluding carboxylic acids is 1. The first-order valence-corrected chi connectivity index (χ1v) is 12.4. The molecule has 1 atom stereocenters. The van der Waals surface area contributed by atoms with Gasteiger partial charge < -0.3 is 9.72 Å². The second-order valence-electron chi connectivity index (χ2n) is 7.05. The summed E-state index contributed by atoms with van der Waals surface area (Å²) in [6, 6.07) is 9.90. The maximum Gasteiger partial charge on any atom is 0.319 e. The summed E-state index contributed by atoms with van der Waals surface area (Å²) in [6.07, 6.45) is 0. The number of hydrogen-bond acceptors (Lipinski definition) is 8. The average molecular weight is 472 g/mol. The topological polar surface area (TPSA) is 84.9 Å². The fourth-order valence-electron chi connectivity index (χ4n) is 2.99. The maximum absolute atomic E-state index is 12.4. The van der Waals surface area contributed by atoms with Crippen LogP contribution < -0.4 is 5.56 Å². The normalized spacial score (nSPS) is 12.2. The third kappa shape index (κ3) is 4.89. The van der Waals surface area contributed by atoms with Gasteiger partial charge in [-0.05, 0) is 26.3 Å². The van der Waals surface area contributed by atoms with Crippen LogP contribution in [0.5, 0.6) is 0 Å². The predicted octanol–water partition coefficient (Wildman–Crippen LogP) is 5.09. The number of carbonyl (C=O) groups is 1. The van der Waals surface area contributed by atoms with E-state index in [4.69, 9.17) is 4.74 Å². The van der Waals surface area contributed by atoms with Crippen LogP contribution in [0.25, 0.3) is 20.8 Å². The van der Waals surface area contributed by atoms with E-state index in [1.54, 1.807) is 6.92 Å². The molecular formula is C22H21N3O3S3. The molecule has 160 valence electrons. The quantitative estimate of drug-likeness (QED) is 0.378. The van der Waals surface area contributed by atoms with Crippen molar-refractivity contribution in [3.05, 3.63) is 68.0 Å². The van der Waals surface area contributed by atoms with E-state index in [0.717, 1.165) is 31.5 Å².